The summed E-state index contributed by atoms with van der Waals surface area (Å²) >= 11 is 0. The lowest BCUT2D eigenvalue weighted by atomic mass is 10.1. The Morgan fingerprint density at radius 3 is 2.67 bits per heavy atom. The van der Waals surface area contributed by atoms with Crippen molar-refractivity contribution in [2.24, 2.45) is 0 Å². The molecule has 1 aromatic carbocycles. The van der Waals surface area contributed by atoms with Crippen molar-refractivity contribution in [2.75, 3.05) is 36.5 Å². The summed E-state index contributed by atoms with van der Waals surface area (Å²) in [6.07, 6.45) is -0.636. The average Bonchev–Trinajstić information content (AvgIpc) is 3.00. The van der Waals surface area contributed by atoms with Crippen LogP contribution in [0.3, 0.4) is 0 Å². The molecule has 0 bridgehead atoms. The van der Waals surface area contributed by atoms with E-state index >= 15 is 0 Å². The van der Waals surface area contributed by atoms with Crippen molar-refractivity contribution < 1.29 is 27.9 Å². The summed E-state index contributed by atoms with van der Waals surface area (Å²) < 4.78 is 28.7. The van der Waals surface area contributed by atoms with Crippen LogP contribution in [0.2, 0.25) is 0 Å². The quantitative estimate of drug-likeness (QED) is 0.619. The molecule has 0 saturated carbocycles. The van der Waals surface area contributed by atoms with Crippen molar-refractivity contribution in [3.8, 4) is 0 Å². The largest absolute Gasteiger partial charge is 0.449 e. The number of aliphatic hydroxyl groups excluding tert-OH is 1. The molecule has 1 heterocycles. The Morgan fingerprint density at radius 1 is 1.37 bits per heavy atom. The molecule has 8 nitrogen and oxygen atoms in total. The zero-order chi connectivity index (χ0) is 20.0. The van der Waals surface area contributed by atoms with Crippen molar-refractivity contribution in [3.63, 3.8) is 0 Å². The van der Waals surface area contributed by atoms with Gasteiger partial charge >= 0.3 is 5.97 Å². The van der Waals surface area contributed by atoms with Gasteiger partial charge in [-0.2, -0.15) is 0 Å². The summed E-state index contributed by atoms with van der Waals surface area (Å²) in [5, 5.41) is 11.9. The molecule has 1 saturated heterocycles. The van der Waals surface area contributed by atoms with E-state index in [1.54, 1.807) is 31.2 Å². The Labute approximate surface area is 159 Å². The summed E-state index contributed by atoms with van der Waals surface area (Å²) in [5.41, 5.74) is 0.766. The summed E-state index contributed by atoms with van der Waals surface area (Å²) in [7, 11) is -3.12. The van der Waals surface area contributed by atoms with Crippen LogP contribution in [-0.2, 0) is 19.4 Å². The van der Waals surface area contributed by atoms with Crippen LogP contribution in [0.4, 0.5) is 5.69 Å². The third-order valence-electron chi connectivity index (χ3n) is 4.48. The first-order chi connectivity index (χ1) is 12.8. The van der Waals surface area contributed by atoms with Crippen LogP contribution >= 0.6 is 0 Å². The van der Waals surface area contributed by atoms with Gasteiger partial charge in [-0.05, 0) is 32.4 Å². The van der Waals surface area contributed by atoms with Crippen molar-refractivity contribution in [2.45, 2.75) is 32.4 Å². The highest BCUT2D eigenvalue weighted by molar-refractivity contribution is 7.91. The minimum atomic E-state index is -3.12. The van der Waals surface area contributed by atoms with Gasteiger partial charge < -0.3 is 20.1 Å². The van der Waals surface area contributed by atoms with E-state index in [0.717, 1.165) is 0 Å². The zero-order valence-corrected chi connectivity index (χ0v) is 16.4. The fourth-order valence-electron chi connectivity index (χ4n) is 3.13. The second kappa shape index (κ2) is 9.18. The van der Waals surface area contributed by atoms with E-state index in [-0.39, 0.29) is 36.3 Å². The van der Waals surface area contributed by atoms with Crippen LogP contribution in [0, 0.1) is 0 Å². The number of ether oxygens (including phenoxy) is 1. The SMILES string of the molecule is CCN(C(=O)C(C)OC(=O)c1ccccc1NCCO)C1CCS(=O)(=O)C1. The van der Waals surface area contributed by atoms with Crippen LogP contribution in [0.5, 0.6) is 0 Å². The zero-order valence-electron chi connectivity index (χ0n) is 15.6. The molecule has 150 valence electrons. The molecule has 0 radical (unpaired) electrons. The second-order valence-corrected chi connectivity index (χ2v) is 8.65. The summed E-state index contributed by atoms with van der Waals surface area (Å²) in [5.74, 6) is -1.05. The van der Waals surface area contributed by atoms with Crippen LogP contribution in [-0.4, -0.2) is 73.6 Å². The standard InChI is InChI=1S/C18H26N2O6S/c1-3-20(14-8-11-27(24,25)12-14)17(22)13(2)26-18(23)15-6-4-5-7-16(15)19-9-10-21/h4-7,13-14,19,21H,3,8-12H2,1-2H3. The maximum atomic E-state index is 12.7. The number of rotatable bonds is 8. The fraction of sp³-hybridized carbons (Fsp3) is 0.556. The van der Waals surface area contributed by atoms with Crippen molar-refractivity contribution in [1.29, 1.82) is 0 Å². The Bertz CT molecular complexity index is 780. The molecule has 1 aromatic rings. The van der Waals surface area contributed by atoms with Gasteiger partial charge in [0.2, 0.25) is 0 Å². The molecule has 2 atom stereocenters. The number of para-hydroxylation sites is 1. The molecule has 2 rings (SSSR count). The van der Waals surface area contributed by atoms with Crippen LogP contribution in [0.15, 0.2) is 24.3 Å². The number of aliphatic hydroxyl groups is 1. The van der Waals surface area contributed by atoms with Gasteiger partial charge in [-0.15, -0.1) is 0 Å². The Morgan fingerprint density at radius 2 is 2.07 bits per heavy atom. The monoisotopic (exact) mass is 398 g/mol. The third kappa shape index (κ3) is 5.43. The smallest absolute Gasteiger partial charge is 0.341 e. The third-order valence-corrected chi connectivity index (χ3v) is 6.23. The van der Waals surface area contributed by atoms with E-state index < -0.39 is 27.8 Å². The van der Waals surface area contributed by atoms with Crippen LogP contribution in [0.1, 0.15) is 30.6 Å². The first-order valence-corrected chi connectivity index (χ1v) is 10.8. The number of carbonyl (C=O) groups excluding carboxylic acids is 2. The first-order valence-electron chi connectivity index (χ1n) is 8.94. The number of nitrogens with zero attached hydrogens (tertiary/aromatic N) is 1. The number of hydrogen-bond acceptors (Lipinski definition) is 7. The molecule has 1 aliphatic heterocycles. The number of anilines is 1. The normalized spacial score (nSPS) is 19.3. The maximum absolute atomic E-state index is 12.7. The Hall–Kier alpha value is -2.13. The van der Waals surface area contributed by atoms with E-state index in [4.69, 9.17) is 9.84 Å². The Kier molecular flexibility index (Phi) is 7.20. The molecule has 0 spiro atoms. The van der Waals surface area contributed by atoms with Crippen molar-refractivity contribution in [3.05, 3.63) is 29.8 Å². The minimum Gasteiger partial charge on any atom is -0.449 e. The molecular formula is C18H26N2O6S. The lowest BCUT2D eigenvalue weighted by molar-refractivity contribution is -0.141. The van der Waals surface area contributed by atoms with Crippen LogP contribution in [0.25, 0.3) is 0 Å². The minimum absolute atomic E-state index is 0.0544. The summed E-state index contributed by atoms with van der Waals surface area (Å²) in [4.78, 5) is 26.7. The molecule has 2 N–H and O–H groups in total. The molecule has 0 aromatic heterocycles. The number of esters is 1. The van der Waals surface area contributed by atoms with Gasteiger partial charge in [0.05, 0.1) is 23.7 Å². The molecule has 27 heavy (non-hydrogen) atoms. The molecule has 1 fully saturated rings. The van der Waals surface area contributed by atoms with Gasteiger partial charge in [-0.1, -0.05) is 12.1 Å². The van der Waals surface area contributed by atoms with Gasteiger partial charge in [0.1, 0.15) is 0 Å². The van der Waals surface area contributed by atoms with Crippen molar-refractivity contribution in [1.82, 2.24) is 4.90 Å². The van der Waals surface area contributed by atoms with Gasteiger partial charge in [-0.3, -0.25) is 4.79 Å². The van der Waals surface area contributed by atoms with E-state index in [1.165, 1.54) is 11.8 Å². The highest BCUT2D eigenvalue weighted by atomic mass is 32.2. The average molecular weight is 398 g/mol. The van der Waals surface area contributed by atoms with E-state index in [2.05, 4.69) is 5.32 Å². The number of amides is 1. The van der Waals surface area contributed by atoms with Gasteiger partial charge in [-0.25, -0.2) is 13.2 Å². The number of hydrogen-bond donors (Lipinski definition) is 2. The van der Waals surface area contributed by atoms with Gasteiger partial charge in [0.15, 0.2) is 15.9 Å². The number of likely N-dealkylation sites (N-methyl/N-ethyl adjacent to an activating group) is 1. The first kappa shape index (κ1) is 21.2. The number of nitrogens with one attached hydrogen (secondary N) is 1. The number of benzene rings is 1. The molecule has 2 unspecified atom stereocenters. The molecule has 0 aliphatic carbocycles. The molecule has 9 heteroatoms. The molecular weight excluding hydrogens is 372 g/mol. The topological polar surface area (TPSA) is 113 Å². The molecule has 1 aliphatic rings. The number of sulfone groups is 1. The van der Waals surface area contributed by atoms with Gasteiger partial charge in [0.25, 0.3) is 5.91 Å². The lowest BCUT2D eigenvalue weighted by Gasteiger charge is -2.29. The van der Waals surface area contributed by atoms with E-state index in [1.807, 2.05) is 0 Å². The predicted molar refractivity (Wildman–Crippen MR) is 101 cm³/mol. The van der Waals surface area contributed by atoms with E-state index in [9.17, 15) is 18.0 Å². The lowest BCUT2D eigenvalue weighted by Crippen LogP contribution is -2.46. The second-order valence-electron chi connectivity index (χ2n) is 6.42. The summed E-state index contributed by atoms with van der Waals surface area (Å²) in [6.45, 7) is 3.78. The van der Waals surface area contributed by atoms with Crippen molar-refractivity contribution >= 4 is 27.4 Å². The number of carbonyl (C=O) groups is 2. The summed E-state index contributed by atoms with van der Waals surface area (Å²) in [6, 6.07) is 6.28. The van der Waals surface area contributed by atoms with Crippen LogP contribution < -0.4 is 5.32 Å². The highest BCUT2D eigenvalue weighted by Crippen LogP contribution is 2.20. The predicted octanol–water partition coefficient (Wildman–Crippen LogP) is 0.672. The maximum Gasteiger partial charge on any atom is 0.341 e. The fourth-order valence-corrected chi connectivity index (χ4v) is 4.86. The van der Waals surface area contributed by atoms with Gasteiger partial charge in [0, 0.05) is 24.8 Å². The highest BCUT2D eigenvalue weighted by Gasteiger charge is 2.36. The van der Waals surface area contributed by atoms with E-state index in [0.29, 0.717) is 18.7 Å². The Balaban J connectivity index is 2.06. The molecule has 1 amide bonds.